The average molecular weight is 499 g/mol. The van der Waals surface area contributed by atoms with Crippen molar-refractivity contribution in [1.29, 1.82) is 0 Å². The van der Waals surface area contributed by atoms with Crippen molar-refractivity contribution in [2.75, 3.05) is 13.9 Å². The highest BCUT2D eigenvalue weighted by Gasteiger charge is 2.26. The molecule has 0 atom stereocenters. The maximum Gasteiger partial charge on any atom is 0.305 e. The number of aromatic nitrogens is 1. The largest absolute Gasteiger partial charge is 0.469 e. The lowest BCUT2D eigenvalue weighted by Crippen LogP contribution is -2.13. The van der Waals surface area contributed by atoms with Gasteiger partial charge >= 0.3 is 5.97 Å². The first-order valence-corrected chi connectivity index (χ1v) is 10.9. The number of carbonyl (C=O) groups excluding carboxylic acids is 2. The first-order valence-electron chi connectivity index (χ1n) is 10.1. The first kappa shape index (κ1) is 22.0. The molecule has 2 N–H and O–H groups in total. The van der Waals surface area contributed by atoms with E-state index in [9.17, 15) is 9.59 Å². The summed E-state index contributed by atoms with van der Waals surface area (Å²) in [6.45, 7) is 2.55. The molecule has 3 aromatic rings. The highest BCUT2D eigenvalue weighted by atomic mass is 79.9. The number of methoxy groups -OCH3 is 1. The van der Waals surface area contributed by atoms with E-state index in [0.717, 1.165) is 32.6 Å². The van der Waals surface area contributed by atoms with E-state index in [4.69, 9.17) is 19.9 Å². The van der Waals surface area contributed by atoms with E-state index in [1.165, 1.54) is 7.11 Å². The fourth-order valence-electron chi connectivity index (χ4n) is 4.04. The van der Waals surface area contributed by atoms with Gasteiger partial charge in [-0.2, -0.15) is 0 Å². The number of hydrogen-bond acceptors (Lipinski definition) is 5. The van der Waals surface area contributed by atoms with Crippen LogP contribution in [0, 0.1) is 6.92 Å². The lowest BCUT2D eigenvalue weighted by atomic mass is 9.98. The van der Waals surface area contributed by atoms with Gasteiger partial charge in [0.2, 0.25) is 6.79 Å². The number of esters is 1. The van der Waals surface area contributed by atoms with Crippen molar-refractivity contribution < 1.29 is 23.8 Å². The van der Waals surface area contributed by atoms with Crippen LogP contribution in [0.4, 0.5) is 0 Å². The van der Waals surface area contributed by atoms with E-state index in [1.807, 2.05) is 54.0 Å². The van der Waals surface area contributed by atoms with Crippen LogP contribution in [0.5, 0.6) is 11.5 Å². The second-order valence-electron chi connectivity index (χ2n) is 7.50. The van der Waals surface area contributed by atoms with Crippen molar-refractivity contribution in [1.82, 2.24) is 4.57 Å². The fourth-order valence-corrected chi connectivity index (χ4v) is 4.31. The zero-order valence-electron chi connectivity index (χ0n) is 17.8. The molecule has 2 aromatic carbocycles. The Balaban J connectivity index is 1.85. The molecule has 8 heteroatoms. The van der Waals surface area contributed by atoms with Gasteiger partial charge in [0.1, 0.15) is 0 Å². The van der Waals surface area contributed by atoms with Gasteiger partial charge < -0.3 is 24.5 Å². The van der Waals surface area contributed by atoms with Gasteiger partial charge in [-0.1, -0.05) is 34.1 Å². The third-order valence-electron chi connectivity index (χ3n) is 5.58. The molecular formula is C24H23BrN2O5. The molecule has 4 rings (SSSR count). The molecule has 0 spiro atoms. The summed E-state index contributed by atoms with van der Waals surface area (Å²) in [6, 6.07) is 13.4. The van der Waals surface area contributed by atoms with Gasteiger partial charge in [0.15, 0.2) is 11.5 Å². The highest BCUT2D eigenvalue weighted by Crippen LogP contribution is 2.36. The topological polar surface area (TPSA) is 92.8 Å². The molecule has 1 aromatic heterocycles. The number of ether oxygens (including phenoxy) is 3. The first-order chi connectivity index (χ1) is 15.4. The summed E-state index contributed by atoms with van der Waals surface area (Å²) in [6.07, 6.45) is 0.583. The number of amides is 1. The van der Waals surface area contributed by atoms with Crippen LogP contribution in [-0.2, 0) is 22.5 Å². The van der Waals surface area contributed by atoms with Gasteiger partial charge in [-0.05, 0) is 48.7 Å². The second-order valence-corrected chi connectivity index (χ2v) is 8.42. The van der Waals surface area contributed by atoms with Gasteiger partial charge in [0.05, 0.1) is 19.1 Å². The molecular weight excluding hydrogens is 476 g/mol. The normalized spacial score (nSPS) is 12.1. The van der Waals surface area contributed by atoms with E-state index < -0.39 is 5.91 Å². The van der Waals surface area contributed by atoms with E-state index in [0.29, 0.717) is 30.0 Å². The molecule has 0 bridgehead atoms. The van der Waals surface area contributed by atoms with E-state index in [1.54, 1.807) is 0 Å². The summed E-state index contributed by atoms with van der Waals surface area (Å²) < 4.78 is 18.7. The number of primary amides is 1. The monoisotopic (exact) mass is 498 g/mol. The van der Waals surface area contributed by atoms with Gasteiger partial charge in [-0.3, -0.25) is 9.59 Å². The molecule has 166 valence electrons. The quantitative estimate of drug-likeness (QED) is 0.492. The predicted octanol–water partition coefficient (Wildman–Crippen LogP) is 4.21. The van der Waals surface area contributed by atoms with Crippen LogP contribution in [0.15, 0.2) is 46.9 Å². The summed E-state index contributed by atoms with van der Waals surface area (Å²) in [7, 11) is 1.36. The summed E-state index contributed by atoms with van der Waals surface area (Å²) in [5, 5.41) is 0. The van der Waals surface area contributed by atoms with Gasteiger partial charge in [-0.15, -0.1) is 0 Å². The smallest absolute Gasteiger partial charge is 0.305 e. The minimum atomic E-state index is -0.510. The van der Waals surface area contributed by atoms with Crippen molar-refractivity contribution in [2.24, 2.45) is 5.73 Å². The third-order valence-corrected chi connectivity index (χ3v) is 6.11. The molecule has 0 fully saturated rings. The van der Waals surface area contributed by atoms with Crippen molar-refractivity contribution in [3.63, 3.8) is 0 Å². The zero-order chi connectivity index (χ0) is 22.8. The van der Waals surface area contributed by atoms with Crippen LogP contribution < -0.4 is 15.2 Å². The zero-order valence-corrected chi connectivity index (χ0v) is 19.4. The van der Waals surface area contributed by atoms with Crippen molar-refractivity contribution in [2.45, 2.75) is 26.3 Å². The number of fused-ring (bicyclic) bond motifs is 1. The molecule has 0 unspecified atom stereocenters. The summed E-state index contributed by atoms with van der Waals surface area (Å²) in [4.78, 5) is 24.5. The number of rotatable bonds is 7. The Kier molecular flexibility index (Phi) is 6.23. The molecule has 1 aliphatic rings. The van der Waals surface area contributed by atoms with Gasteiger partial charge in [0, 0.05) is 28.0 Å². The number of hydrogen-bond donors (Lipinski definition) is 1. The summed E-state index contributed by atoms with van der Waals surface area (Å²) in [5.41, 5.74) is 10.4. The number of nitrogens with zero attached hydrogens (tertiary/aromatic N) is 1. The Labute approximate surface area is 194 Å². The Morgan fingerprint density at radius 1 is 1.12 bits per heavy atom. The Morgan fingerprint density at radius 2 is 1.84 bits per heavy atom. The second kappa shape index (κ2) is 9.08. The lowest BCUT2D eigenvalue weighted by molar-refractivity contribution is -0.140. The van der Waals surface area contributed by atoms with Crippen LogP contribution in [0.1, 0.15) is 33.7 Å². The van der Waals surface area contributed by atoms with E-state index >= 15 is 0 Å². The number of carbonyl (C=O) groups is 2. The third kappa shape index (κ3) is 4.23. The molecule has 1 amide bonds. The predicted molar refractivity (Wildman–Crippen MR) is 123 cm³/mol. The molecule has 7 nitrogen and oxygen atoms in total. The van der Waals surface area contributed by atoms with Crippen LogP contribution in [0.3, 0.4) is 0 Å². The molecule has 0 saturated heterocycles. The van der Waals surface area contributed by atoms with Crippen molar-refractivity contribution in [3.8, 4) is 22.6 Å². The van der Waals surface area contributed by atoms with Crippen molar-refractivity contribution in [3.05, 3.63) is 69.5 Å². The van der Waals surface area contributed by atoms with Crippen LogP contribution in [-0.4, -0.2) is 30.3 Å². The van der Waals surface area contributed by atoms with Crippen LogP contribution >= 0.6 is 15.9 Å². The van der Waals surface area contributed by atoms with Gasteiger partial charge in [-0.25, -0.2) is 0 Å². The molecule has 0 radical (unpaired) electrons. The minimum absolute atomic E-state index is 0.183. The Hall–Kier alpha value is -3.26. The number of halogens is 1. The fraction of sp³-hybridized carbons (Fsp3) is 0.250. The average Bonchev–Trinajstić information content (AvgIpc) is 3.35. The standard InChI is InChI=1S/C24H23BrN2O5/c1-14-22(24(26)29)23(16-4-6-17(25)7-5-16)18(8-10-21(28)30-2)27(14)12-15-3-9-19-20(11-15)32-13-31-19/h3-7,9,11H,8,10,12-13H2,1-2H3,(H2,26,29). The van der Waals surface area contributed by atoms with E-state index in [2.05, 4.69) is 15.9 Å². The highest BCUT2D eigenvalue weighted by molar-refractivity contribution is 9.10. The minimum Gasteiger partial charge on any atom is -0.469 e. The number of nitrogens with two attached hydrogens (primary N) is 1. The Bertz CT molecular complexity index is 1180. The molecule has 1 aliphatic heterocycles. The molecule has 32 heavy (non-hydrogen) atoms. The maximum atomic E-state index is 12.5. The maximum absolute atomic E-state index is 12.5. The molecule has 0 aliphatic carbocycles. The van der Waals surface area contributed by atoms with Gasteiger partial charge in [0.25, 0.3) is 5.91 Å². The SMILES string of the molecule is COC(=O)CCc1c(-c2ccc(Br)cc2)c(C(N)=O)c(C)n1Cc1ccc2c(c1)OCO2. The molecule has 0 saturated carbocycles. The van der Waals surface area contributed by atoms with Crippen LogP contribution in [0.25, 0.3) is 11.1 Å². The lowest BCUT2D eigenvalue weighted by Gasteiger charge is -2.14. The molecule has 2 heterocycles. The Morgan fingerprint density at radius 3 is 2.53 bits per heavy atom. The van der Waals surface area contributed by atoms with Crippen molar-refractivity contribution >= 4 is 27.8 Å². The summed E-state index contributed by atoms with van der Waals surface area (Å²) in [5.74, 6) is 0.564. The van der Waals surface area contributed by atoms with E-state index in [-0.39, 0.29) is 19.2 Å². The number of benzene rings is 2. The van der Waals surface area contributed by atoms with Crippen LogP contribution in [0.2, 0.25) is 0 Å². The summed E-state index contributed by atoms with van der Waals surface area (Å²) >= 11 is 3.45.